The Hall–Kier alpha value is -2.16. The molecular formula is C17H23N7OS. The first kappa shape index (κ1) is 17.3. The molecule has 9 heteroatoms. The molecule has 1 saturated heterocycles. The molecule has 0 spiro atoms. The lowest BCUT2D eigenvalue weighted by Crippen LogP contribution is -2.49. The summed E-state index contributed by atoms with van der Waals surface area (Å²) in [6, 6.07) is 1.90. The Kier molecular flexibility index (Phi) is 5.33. The summed E-state index contributed by atoms with van der Waals surface area (Å²) in [7, 11) is 0. The van der Waals surface area contributed by atoms with Crippen LogP contribution in [0.25, 0.3) is 5.82 Å². The highest BCUT2D eigenvalue weighted by molar-refractivity contribution is 8.00. The number of amides is 1. The minimum Gasteiger partial charge on any atom is -0.353 e. The van der Waals surface area contributed by atoms with Gasteiger partial charge in [-0.05, 0) is 12.8 Å². The number of aromatic nitrogens is 5. The molecule has 4 rings (SSSR count). The number of hydrogen-bond acceptors (Lipinski definition) is 7. The van der Waals surface area contributed by atoms with Crippen LogP contribution in [0.2, 0.25) is 0 Å². The smallest absolute Gasteiger partial charge is 0.232 e. The Labute approximate surface area is 157 Å². The van der Waals surface area contributed by atoms with E-state index in [0.717, 1.165) is 32.0 Å². The maximum absolute atomic E-state index is 12.4. The van der Waals surface area contributed by atoms with Gasteiger partial charge < -0.3 is 9.80 Å². The molecule has 0 atom stereocenters. The molecule has 2 aromatic rings. The van der Waals surface area contributed by atoms with Crippen LogP contribution in [0.15, 0.2) is 25.0 Å². The zero-order valence-electron chi connectivity index (χ0n) is 14.7. The molecule has 3 heterocycles. The number of thioether (sulfide) groups is 1. The fraction of sp³-hybridized carbons (Fsp3) is 0.588. The van der Waals surface area contributed by atoms with Crippen LogP contribution >= 0.6 is 11.8 Å². The van der Waals surface area contributed by atoms with Gasteiger partial charge in [0.05, 0.1) is 5.75 Å². The van der Waals surface area contributed by atoms with E-state index in [1.807, 2.05) is 22.7 Å². The van der Waals surface area contributed by atoms with Crippen LogP contribution in [0.3, 0.4) is 0 Å². The molecule has 8 nitrogen and oxygen atoms in total. The molecule has 0 unspecified atom stereocenters. The second kappa shape index (κ2) is 8.03. The Balaban J connectivity index is 1.30. The van der Waals surface area contributed by atoms with Gasteiger partial charge in [0.15, 0.2) is 5.82 Å². The molecule has 0 radical (unpaired) electrons. The molecule has 0 bridgehead atoms. The van der Waals surface area contributed by atoms with E-state index in [-0.39, 0.29) is 5.91 Å². The zero-order valence-corrected chi connectivity index (χ0v) is 15.5. The second-order valence-corrected chi connectivity index (χ2v) is 7.95. The van der Waals surface area contributed by atoms with Gasteiger partial charge in [0.2, 0.25) is 5.91 Å². The molecule has 1 aliphatic heterocycles. The summed E-state index contributed by atoms with van der Waals surface area (Å²) in [6.45, 7) is 3.06. The Bertz CT molecular complexity index is 724. The van der Waals surface area contributed by atoms with Gasteiger partial charge >= 0.3 is 0 Å². The largest absolute Gasteiger partial charge is 0.353 e. The lowest BCUT2D eigenvalue weighted by atomic mass is 10.3. The Morgan fingerprint density at radius 1 is 1.08 bits per heavy atom. The molecule has 26 heavy (non-hydrogen) atoms. The van der Waals surface area contributed by atoms with E-state index >= 15 is 0 Å². The summed E-state index contributed by atoms with van der Waals surface area (Å²) >= 11 is 1.84. The standard InChI is InChI=1S/C17H23N7OS/c25-17(10-26-14-3-1-2-4-14)23-7-5-22(6-8-23)15-9-16(20-12-19-15)24-13-18-11-21-24/h9,11-14H,1-8,10H2. The van der Waals surface area contributed by atoms with Crippen molar-refractivity contribution in [1.29, 1.82) is 0 Å². The van der Waals surface area contributed by atoms with Crippen molar-refractivity contribution < 1.29 is 4.79 Å². The van der Waals surface area contributed by atoms with Gasteiger partial charge in [-0.25, -0.2) is 19.6 Å². The van der Waals surface area contributed by atoms with Gasteiger partial charge in [-0.1, -0.05) is 12.8 Å². The molecule has 0 N–H and O–H groups in total. The van der Waals surface area contributed by atoms with Gasteiger partial charge in [-0.15, -0.1) is 11.8 Å². The van der Waals surface area contributed by atoms with Gasteiger partial charge in [0, 0.05) is 37.5 Å². The van der Waals surface area contributed by atoms with Crippen LogP contribution in [0.4, 0.5) is 5.82 Å². The summed E-state index contributed by atoms with van der Waals surface area (Å²) in [5, 5.41) is 4.79. The van der Waals surface area contributed by atoms with E-state index < -0.39 is 0 Å². The monoisotopic (exact) mass is 373 g/mol. The lowest BCUT2D eigenvalue weighted by molar-refractivity contribution is -0.128. The molecular weight excluding hydrogens is 350 g/mol. The van der Waals surface area contributed by atoms with E-state index in [1.54, 1.807) is 17.3 Å². The molecule has 2 fully saturated rings. The number of rotatable bonds is 5. The Morgan fingerprint density at radius 3 is 2.58 bits per heavy atom. The normalized spacial score (nSPS) is 18.5. The molecule has 1 aliphatic carbocycles. The van der Waals surface area contributed by atoms with Crippen molar-refractivity contribution in [3.8, 4) is 5.82 Å². The van der Waals surface area contributed by atoms with Crippen molar-refractivity contribution in [3.05, 3.63) is 25.0 Å². The number of carbonyl (C=O) groups is 1. The highest BCUT2D eigenvalue weighted by Gasteiger charge is 2.24. The van der Waals surface area contributed by atoms with Crippen molar-refractivity contribution in [2.75, 3.05) is 36.8 Å². The zero-order chi connectivity index (χ0) is 17.8. The third kappa shape index (κ3) is 3.98. The van der Waals surface area contributed by atoms with E-state index in [2.05, 4.69) is 25.0 Å². The Morgan fingerprint density at radius 2 is 1.85 bits per heavy atom. The van der Waals surface area contributed by atoms with E-state index in [9.17, 15) is 4.79 Å². The fourth-order valence-electron chi connectivity index (χ4n) is 3.48. The van der Waals surface area contributed by atoms with E-state index in [4.69, 9.17) is 0 Å². The number of hydrogen-bond donors (Lipinski definition) is 0. The van der Waals surface area contributed by atoms with Crippen LogP contribution in [-0.2, 0) is 4.79 Å². The van der Waals surface area contributed by atoms with Crippen molar-refractivity contribution >= 4 is 23.5 Å². The third-order valence-electron chi connectivity index (χ3n) is 4.99. The first-order valence-corrected chi connectivity index (χ1v) is 10.2. The van der Waals surface area contributed by atoms with Crippen molar-refractivity contribution in [3.63, 3.8) is 0 Å². The van der Waals surface area contributed by atoms with E-state index in [1.165, 1.54) is 32.0 Å². The summed E-state index contributed by atoms with van der Waals surface area (Å²) < 4.78 is 1.62. The van der Waals surface area contributed by atoms with Gasteiger partial charge in [-0.2, -0.15) is 5.10 Å². The molecule has 1 amide bonds. The average Bonchev–Trinajstić information content (AvgIpc) is 3.40. The minimum atomic E-state index is 0.271. The van der Waals surface area contributed by atoms with Gasteiger partial charge in [0.25, 0.3) is 0 Å². The summed E-state index contributed by atoms with van der Waals surface area (Å²) in [5.74, 6) is 2.44. The molecule has 2 aromatic heterocycles. The average molecular weight is 373 g/mol. The van der Waals surface area contributed by atoms with Crippen LogP contribution in [0, 0.1) is 0 Å². The van der Waals surface area contributed by atoms with Crippen LogP contribution in [0.1, 0.15) is 25.7 Å². The van der Waals surface area contributed by atoms with Crippen molar-refractivity contribution in [2.24, 2.45) is 0 Å². The topological polar surface area (TPSA) is 80.0 Å². The maximum atomic E-state index is 12.4. The van der Waals surface area contributed by atoms with Crippen LogP contribution in [0.5, 0.6) is 0 Å². The summed E-state index contributed by atoms with van der Waals surface area (Å²) in [5.41, 5.74) is 0. The van der Waals surface area contributed by atoms with Crippen LogP contribution < -0.4 is 4.90 Å². The lowest BCUT2D eigenvalue weighted by Gasteiger charge is -2.35. The first-order chi connectivity index (χ1) is 12.8. The fourth-order valence-corrected chi connectivity index (χ4v) is 4.71. The number of piperazine rings is 1. The molecule has 2 aliphatic rings. The van der Waals surface area contributed by atoms with E-state index in [0.29, 0.717) is 16.8 Å². The molecule has 1 saturated carbocycles. The molecule has 0 aromatic carbocycles. The molecule has 138 valence electrons. The highest BCUT2D eigenvalue weighted by atomic mass is 32.2. The van der Waals surface area contributed by atoms with Crippen molar-refractivity contribution in [2.45, 2.75) is 30.9 Å². The summed E-state index contributed by atoms with van der Waals surface area (Å²) in [4.78, 5) is 29.2. The third-order valence-corrected chi connectivity index (χ3v) is 6.35. The minimum absolute atomic E-state index is 0.271. The predicted molar refractivity (Wildman–Crippen MR) is 100 cm³/mol. The first-order valence-electron chi connectivity index (χ1n) is 9.11. The van der Waals surface area contributed by atoms with Gasteiger partial charge in [-0.3, -0.25) is 4.79 Å². The highest BCUT2D eigenvalue weighted by Crippen LogP contribution is 2.29. The number of carbonyl (C=O) groups excluding carboxylic acids is 1. The number of anilines is 1. The predicted octanol–water partition coefficient (Wildman–Crippen LogP) is 1.38. The van der Waals surface area contributed by atoms with Crippen LogP contribution in [-0.4, -0.2) is 72.7 Å². The number of nitrogens with zero attached hydrogens (tertiary/aromatic N) is 7. The van der Waals surface area contributed by atoms with Crippen molar-refractivity contribution in [1.82, 2.24) is 29.6 Å². The SMILES string of the molecule is O=C(CSC1CCCC1)N1CCN(c2cc(-n3cncn3)ncn2)CC1. The second-order valence-electron chi connectivity index (χ2n) is 6.66. The van der Waals surface area contributed by atoms with Gasteiger partial charge in [0.1, 0.15) is 24.8 Å². The summed E-state index contributed by atoms with van der Waals surface area (Å²) in [6.07, 6.45) is 9.82. The quantitative estimate of drug-likeness (QED) is 0.783. The maximum Gasteiger partial charge on any atom is 0.232 e.